The van der Waals surface area contributed by atoms with Crippen LogP contribution in [0.3, 0.4) is 0 Å². The quantitative estimate of drug-likeness (QED) is 0.379. The summed E-state index contributed by atoms with van der Waals surface area (Å²) in [7, 11) is 0. The van der Waals surface area contributed by atoms with Gasteiger partial charge in [-0.3, -0.25) is 9.59 Å². The maximum atomic E-state index is 12.4. The fraction of sp³-hybridized carbons (Fsp3) is 0.0800. The molecule has 7 nitrogen and oxygen atoms in total. The molecule has 2 amide bonds. The number of hydrogen-bond donors (Lipinski definition) is 3. The van der Waals surface area contributed by atoms with Crippen molar-refractivity contribution in [3.05, 3.63) is 84.6 Å². The zero-order chi connectivity index (χ0) is 21.9. The van der Waals surface area contributed by atoms with Crippen molar-refractivity contribution in [2.75, 3.05) is 11.9 Å². The first-order valence-corrected chi connectivity index (χ1v) is 10.2. The fourth-order valence-electron chi connectivity index (χ4n) is 3.68. The van der Waals surface area contributed by atoms with Gasteiger partial charge in [-0.1, -0.05) is 42.5 Å². The van der Waals surface area contributed by atoms with E-state index in [9.17, 15) is 9.59 Å². The molecule has 0 aliphatic rings. The van der Waals surface area contributed by atoms with E-state index in [1.807, 2.05) is 54.6 Å². The Kier molecular flexibility index (Phi) is 5.13. The zero-order valence-electron chi connectivity index (χ0n) is 17.1. The van der Waals surface area contributed by atoms with Gasteiger partial charge in [0.15, 0.2) is 11.6 Å². The summed E-state index contributed by atoms with van der Waals surface area (Å²) in [6.45, 7) is -0.109. The summed E-state index contributed by atoms with van der Waals surface area (Å²) in [5.74, 6) is 0.750. The summed E-state index contributed by atoms with van der Waals surface area (Å²) in [5.41, 5.74) is 3.07. The van der Waals surface area contributed by atoms with Gasteiger partial charge in [0.25, 0.3) is 0 Å². The molecule has 32 heavy (non-hydrogen) atoms. The Labute approximate surface area is 183 Å². The molecule has 5 aromatic rings. The molecule has 0 fully saturated rings. The van der Waals surface area contributed by atoms with E-state index in [1.54, 1.807) is 24.5 Å². The van der Waals surface area contributed by atoms with Crippen LogP contribution in [-0.4, -0.2) is 28.3 Å². The number of fused-ring (bicyclic) bond motifs is 2. The number of carbonyl (C=O) groups excluding carboxylic acids is 2. The van der Waals surface area contributed by atoms with E-state index >= 15 is 0 Å². The molecule has 0 saturated carbocycles. The predicted molar refractivity (Wildman–Crippen MR) is 123 cm³/mol. The number of imidazole rings is 1. The minimum absolute atomic E-state index is 0.109. The number of H-pyrrole nitrogens is 1. The van der Waals surface area contributed by atoms with E-state index < -0.39 is 0 Å². The van der Waals surface area contributed by atoms with Crippen molar-refractivity contribution in [3.8, 4) is 11.6 Å². The molecule has 0 spiro atoms. The maximum absolute atomic E-state index is 12.4. The highest BCUT2D eigenvalue weighted by Crippen LogP contribution is 2.23. The van der Waals surface area contributed by atoms with Crippen LogP contribution < -0.4 is 10.6 Å². The van der Waals surface area contributed by atoms with Crippen LogP contribution in [0.15, 0.2) is 83.5 Å². The van der Waals surface area contributed by atoms with Gasteiger partial charge in [0.1, 0.15) is 0 Å². The van der Waals surface area contributed by atoms with Crippen molar-refractivity contribution in [3.63, 3.8) is 0 Å². The molecule has 7 heteroatoms. The first-order chi connectivity index (χ1) is 15.7. The van der Waals surface area contributed by atoms with Crippen LogP contribution in [0, 0.1) is 0 Å². The standard InChI is InChI=1S/C25H20N4O3/c30-23(13-17-7-3-6-16-5-1-2-8-19(16)17)26-15-24(31)27-18-10-11-20-21(14-18)29-25(28-20)22-9-4-12-32-22/h1-12,14H,13,15H2,(H,26,30)(H,27,31)(H,28,29). The van der Waals surface area contributed by atoms with Crippen LogP contribution in [0.4, 0.5) is 5.69 Å². The highest BCUT2D eigenvalue weighted by molar-refractivity contribution is 5.97. The lowest BCUT2D eigenvalue weighted by Gasteiger charge is -2.09. The third kappa shape index (κ3) is 4.09. The lowest BCUT2D eigenvalue weighted by molar-refractivity contribution is -0.123. The number of benzene rings is 3. The van der Waals surface area contributed by atoms with Crippen LogP contribution >= 0.6 is 0 Å². The summed E-state index contributed by atoms with van der Waals surface area (Å²) >= 11 is 0. The first-order valence-electron chi connectivity index (χ1n) is 10.2. The lowest BCUT2D eigenvalue weighted by Crippen LogP contribution is -2.33. The van der Waals surface area contributed by atoms with Crippen molar-refractivity contribution in [2.45, 2.75) is 6.42 Å². The van der Waals surface area contributed by atoms with Gasteiger partial charge in [0.05, 0.1) is 30.3 Å². The van der Waals surface area contributed by atoms with E-state index in [0.717, 1.165) is 27.4 Å². The number of amides is 2. The Balaban J connectivity index is 1.20. The van der Waals surface area contributed by atoms with Gasteiger partial charge >= 0.3 is 0 Å². The molecular formula is C25H20N4O3. The van der Waals surface area contributed by atoms with Gasteiger partial charge in [0.2, 0.25) is 11.8 Å². The predicted octanol–water partition coefficient (Wildman–Crippen LogP) is 4.27. The van der Waals surface area contributed by atoms with Crippen molar-refractivity contribution in [2.24, 2.45) is 0 Å². The minimum Gasteiger partial charge on any atom is -0.461 e. The van der Waals surface area contributed by atoms with Crippen molar-refractivity contribution in [1.29, 1.82) is 0 Å². The largest absolute Gasteiger partial charge is 0.461 e. The highest BCUT2D eigenvalue weighted by Gasteiger charge is 2.11. The molecule has 2 heterocycles. The van der Waals surface area contributed by atoms with Crippen LogP contribution in [0.5, 0.6) is 0 Å². The number of furan rings is 1. The van der Waals surface area contributed by atoms with E-state index in [0.29, 0.717) is 17.3 Å². The maximum Gasteiger partial charge on any atom is 0.243 e. The molecule has 0 aliphatic carbocycles. The number of anilines is 1. The van der Waals surface area contributed by atoms with Gasteiger partial charge < -0.3 is 20.0 Å². The SMILES string of the molecule is O=C(Cc1cccc2ccccc12)NCC(=O)Nc1ccc2nc(-c3ccco3)[nH]c2c1. The Hall–Kier alpha value is -4.39. The number of carbonyl (C=O) groups is 2. The van der Waals surface area contributed by atoms with Gasteiger partial charge in [-0.2, -0.15) is 0 Å². The van der Waals surface area contributed by atoms with Gasteiger partial charge in [-0.15, -0.1) is 0 Å². The normalized spacial score (nSPS) is 11.0. The molecule has 2 aromatic heterocycles. The third-order valence-corrected chi connectivity index (χ3v) is 5.20. The van der Waals surface area contributed by atoms with Crippen LogP contribution in [0.2, 0.25) is 0 Å². The monoisotopic (exact) mass is 424 g/mol. The molecule has 3 N–H and O–H groups in total. The second-order valence-corrected chi connectivity index (χ2v) is 7.43. The summed E-state index contributed by atoms with van der Waals surface area (Å²) in [6, 6.07) is 22.8. The van der Waals surface area contributed by atoms with Crippen LogP contribution in [0.25, 0.3) is 33.4 Å². The summed E-state index contributed by atoms with van der Waals surface area (Å²) in [5, 5.41) is 7.62. The average Bonchev–Trinajstić information content (AvgIpc) is 3.47. The number of hydrogen-bond acceptors (Lipinski definition) is 4. The second kappa shape index (κ2) is 8.39. The van der Waals surface area contributed by atoms with Crippen molar-refractivity contribution >= 4 is 39.3 Å². The Morgan fingerprint density at radius 1 is 0.938 bits per heavy atom. The van der Waals surface area contributed by atoms with Crippen LogP contribution in [0.1, 0.15) is 5.56 Å². The van der Waals surface area contributed by atoms with E-state index in [2.05, 4.69) is 20.6 Å². The molecule has 5 rings (SSSR count). The number of nitrogens with one attached hydrogen (secondary N) is 3. The molecule has 0 radical (unpaired) electrons. The summed E-state index contributed by atoms with van der Waals surface area (Å²) < 4.78 is 5.36. The molecule has 0 atom stereocenters. The first kappa shape index (κ1) is 19.6. The number of nitrogens with zero attached hydrogens (tertiary/aromatic N) is 1. The summed E-state index contributed by atoms with van der Waals surface area (Å²) in [6.07, 6.45) is 1.80. The van der Waals surface area contributed by atoms with Crippen LogP contribution in [-0.2, 0) is 16.0 Å². The van der Waals surface area contributed by atoms with E-state index in [4.69, 9.17) is 4.42 Å². The lowest BCUT2D eigenvalue weighted by atomic mass is 10.0. The highest BCUT2D eigenvalue weighted by atomic mass is 16.3. The number of rotatable bonds is 6. The average molecular weight is 424 g/mol. The fourth-order valence-corrected chi connectivity index (χ4v) is 3.68. The van der Waals surface area contributed by atoms with E-state index in [1.165, 1.54) is 0 Å². The second-order valence-electron chi connectivity index (χ2n) is 7.43. The molecule has 0 unspecified atom stereocenters. The molecule has 0 aliphatic heterocycles. The number of aromatic nitrogens is 2. The number of aromatic amines is 1. The van der Waals surface area contributed by atoms with Gasteiger partial charge in [-0.05, 0) is 46.7 Å². The zero-order valence-corrected chi connectivity index (χ0v) is 17.1. The molecule has 3 aromatic carbocycles. The van der Waals surface area contributed by atoms with Crippen molar-refractivity contribution < 1.29 is 14.0 Å². The molecular weight excluding hydrogens is 404 g/mol. The third-order valence-electron chi connectivity index (χ3n) is 5.20. The molecule has 0 saturated heterocycles. The molecule has 0 bridgehead atoms. The van der Waals surface area contributed by atoms with Gasteiger partial charge in [0, 0.05) is 5.69 Å². The molecule has 158 valence electrons. The van der Waals surface area contributed by atoms with Crippen molar-refractivity contribution in [1.82, 2.24) is 15.3 Å². The Bertz CT molecular complexity index is 1410. The topological polar surface area (TPSA) is 100 Å². The van der Waals surface area contributed by atoms with E-state index in [-0.39, 0.29) is 24.8 Å². The minimum atomic E-state index is -0.304. The Morgan fingerprint density at radius 3 is 2.69 bits per heavy atom. The summed E-state index contributed by atoms with van der Waals surface area (Å²) in [4.78, 5) is 32.4. The van der Waals surface area contributed by atoms with Gasteiger partial charge in [-0.25, -0.2) is 4.98 Å². The smallest absolute Gasteiger partial charge is 0.243 e. The Morgan fingerprint density at radius 2 is 1.81 bits per heavy atom.